The Morgan fingerprint density at radius 2 is 1.79 bits per heavy atom. The third kappa shape index (κ3) is 5.71. The molecule has 2 saturated carbocycles. The van der Waals surface area contributed by atoms with Crippen LogP contribution in [0, 0.1) is 40.4 Å². The molecule has 2 fully saturated rings. The molecule has 1 unspecified atom stereocenters. The lowest BCUT2D eigenvalue weighted by Gasteiger charge is -2.56. The molecule has 2 amide bonds. The molecule has 7 atom stereocenters. The van der Waals surface area contributed by atoms with E-state index in [-0.39, 0.29) is 46.9 Å². The van der Waals surface area contributed by atoms with E-state index in [0.717, 1.165) is 37.0 Å². The number of benzene rings is 2. The Hall–Kier alpha value is -3.37. The number of amides is 2. The molecule has 2 aliphatic carbocycles. The van der Waals surface area contributed by atoms with Gasteiger partial charge < -0.3 is 20.5 Å². The van der Waals surface area contributed by atoms with Crippen LogP contribution in [0.1, 0.15) is 67.9 Å². The van der Waals surface area contributed by atoms with Gasteiger partial charge in [0, 0.05) is 24.1 Å². The fraction of sp³-hybridized carbons (Fsp3) is 0.516. The predicted octanol–water partition coefficient (Wildman–Crippen LogP) is 4.44. The van der Waals surface area contributed by atoms with Crippen molar-refractivity contribution in [2.24, 2.45) is 29.1 Å². The van der Waals surface area contributed by atoms with Crippen LogP contribution in [0.3, 0.4) is 0 Å². The minimum Gasteiger partial charge on any atom is -0.497 e. The number of carbonyl (C=O) groups excluding carboxylic acids is 2. The number of nitrogens with one attached hydrogen (secondary N) is 2. The van der Waals surface area contributed by atoms with Crippen LogP contribution in [0.5, 0.6) is 5.75 Å². The van der Waals surface area contributed by atoms with Crippen LogP contribution in [0.15, 0.2) is 48.5 Å². The molecule has 0 aliphatic heterocycles. The second-order valence-electron chi connectivity index (χ2n) is 11.4. The molecule has 3 N–H and O–H groups in total. The Kier molecular flexibility index (Phi) is 8.42. The van der Waals surface area contributed by atoms with Gasteiger partial charge in [-0.05, 0) is 90.8 Å². The van der Waals surface area contributed by atoms with Gasteiger partial charge >= 0.3 is 0 Å². The summed E-state index contributed by atoms with van der Waals surface area (Å²) in [5, 5.41) is 26.9. The summed E-state index contributed by atoms with van der Waals surface area (Å²) < 4.78 is 5.20. The molecule has 0 aromatic heterocycles. The summed E-state index contributed by atoms with van der Waals surface area (Å²) in [6.07, 6.45) is 2.91. The van der Waals surface area contributed by atoms with E-state index in [4.69, 9.17) is 10.00 Å². The molecule has 4 rings (SSSR count). The van der Waals surface area contributed by atoms with Gasteiger partial charge in [-0.25, -0.2) is 0 Å². The molecular formula is C31H39N3O4. The number of hydrogen-bond donors (Lipinski definition) is 3. The van der Waals surface area contributed by atoms with E-state index in [1.165, 1.54) is 0 Å². The largest absolute Gasteiger partial charge is 0.497 e. The molecule has 2 aromatic rings. The quantitative estimate of drug-likeness (QED) is 0.503. The van der Waals surface area contributed by atoms with Gasteiger partial charge in [0.15, 0.2) is 0 Å². The lowest BCUT2D eigenvalue weighted by molar-refractivity contribution is -0.142. The van der Waals surface area contributed by atoms with Crippen molar-refractivity contribution < 1.29 is 19.4 Å². The molecule has 0 heterocycles. The zero-order valence-electron chi connectivity index (χ0n) is 22.7. The van der Waals surface area contributed by atoms with Gasteiger partial charge in [-0.2, -0.15) is 5.26 Å². The Labute approximate surface area is 225 Å². The average Bonchev–Trinajstić information content (AvgIpc) is 2.93. The predicted molar refractivity (Wildman–Crippen MR) is 145 cm³/mol. The molecular weight excluding hydrogens is 478 g/mol. The van der Waals surface area contributed by atoms with Gasteiger partial charge in [-0.3, -0.25) is 9.59 Å². The highest BCUT2D eigenvalue weighted by molar-refractivity contribution is 5.94. The molecule has 2 aromatic carbocycles. The second kappa shape index (κ2) is 11.6. The first-order valence-electron chi connectivity index (χ1n) is 13.6. The smallest absolute Gasteiger partial charge is 0.251 e. The van der Waals surface area contributed by atoms with Crippen molar-refractivity contribution in [1.82, 2.24) is 10.6 Å². The first-order valence-corrected chi connectivity index (χ1v) is 13.6. The number of carbonyl (C=O) groups is 2. The zero-order valence-corrected chi connectivity index (χ0v) is 22.7. The maximum atomic E-state index is 13.1. The number of ether oxygens (including phenoxy) is 1. The summed E-state index contributed by atoms with van der Waals surface area (Å²) in [6.45, 7) is 6.71. The van der Waals surface area contributed by atoms with E-state index in [1.54, 1.807) is 31.4 Å². The van der Waals surface area contributed by atoms with Crippen molar-refractivity contribution in [3.8, 4) is 11.8 Å². The Morgan fingerprint density at radius 3 is 2.42 bits per heavy atom. The van der Waals surface area contributed by atoms with Crippen LogP contribution in [0.4, 0.5) is 0 Å². The SMILES string of the molecule is COc1ccc(CNC(=O)[C@@H](C)C2CC[C@@]3(C)CC[C@H](NC(=O)c4ccc(C#N)cc4)[C@@H](C)[C@@H]3[C@H]2O)cc1. The summed E-state index contributed by atoms with van der Waals surface area (Å²) in [4.78, 5) is 26.0. The van der Waals surface area contributed by atoms with Crippen LogP contribution in [-0.4, -0.2) is 36.2 Å². The minimum atomic E-state index is -0.625. The normalized spacial score (nSPS) is 29.3. The fourth-order valence-corrected chi connectivity index (χ4v) is 6.73. The first kappa shape index (κ1) is 27.7. The van der Waals surface area contributed by atoms with E-state index >= 15 is 0 Å². The van der Waals surface area contributed by atoms with E-state index in [9.17, 15) is 14.7 Å². The van der Waals surface area contributed by atoms with Crippen LogP contribution in [0.25, 0.3) is 0 Å². The van der Waals surface area contributed by atoms with Crippen molar-refractivity contribution in [2.75, 3.05) is 7.11 Å². The van der Waals surface area contributed by atoms with Gasteiger partial charge in [0.25, 0.3) is 5.91 Å². The van der Waals surface area contributed by atoms with Crippen molar-refractivity contribution in [3.05, 3.63) is 65.2 Å². The zero-order chi connectivity index (χ0) is 27.4. The van der Waals surface area contributed by atoms with E-state index < -0.39 is 6.10 Å². The number of fused-ring (bicyclic) bond motifs is 1. The maximum Gasteiger partial charge on any atom is 0.251 e. The van der Waals surface area contributed by atoms with Gasteiger partial charge in [0.2, 0.25) is 5.91 Å². The molecule has 38 heavy (non-hydrogen) atoms. The lowest BCUT2D eigenvalue weighted by atomic mass is 9.51. The van der Waals surface area contributed by atoms with Crippen LogP contribution in [0.2, 0.25) is 0 Å². The van der Waals surface area contributed by atoms with Gasteiger partial charge in [0.1, 0.15) is 5.75 Å². The standard InChI is InChI=1S/C31H39N3O4/c1-19(29(36)33-18-22-7-11-24(38-4)12-8-22)25-13-15-31(3)16-14-26(20(2)27(31)28(25)35)34-30(37)23-9-5-21(17-32)6-10-23/h5-12,19-20,25-28,35H,13-16,18H2,1-4H3,(H,33,36)(H,34,37)/t19-,20+,25?,26-,27+,28-,31-/m0/s1. The molecule has 0 saturated heterocycles. The molecule has 0 spiro atoms. The van der Waals surface area contributed by atoms with Gasteiger partial charge in [-0.1, -0.05) is 32.9 Å². The molecule has 2 aliphatic rings. The highest BCUT2D eigenvalue weighted by Gasteiger charge is 2.53. The molecule has 7 nitrogen and oxygen atoms in total. The van der Waals surface area contributed by atoms with Crippen molar-refractivity contribution in [3.63, 3.8) is 0 Å². The van der Waals surface area contributed by atoms with Crippen molar-refractivity contribution >= 4 is 11.8 Å². The summed E-state index contributed by atoms with van der Waals surface area (Å²) in [5.41, 5.74) is 2.00. The van der Waals surface area contributed by atoms with Gasteiger partial charge in [0.05, 0.1) is 24.8 Å². The molecule has 0 radical (unpaired) electrons. The minimum absolute atomic E-state index is 0.0156. The van der Waals surface area contributed by atoms with Crippen molar-refractivity contribution in [1.29, 1.82) is 5.26 Å². The third-order valence-electron chi connectivity index (χ3n) is 9.16. The fourth-order valence-electron chi connectivity index (χ4n) is 6.73. The van der Waals surface area contributed by atoms with Crippen LogP contribution < -0.4 is 15.4 Å². The van der Waals surface area contributed by atoms with E-state index in [2.05, 4.69) is 30.6 Å². The number of nitrogens with zero attached hydrogens (tertiary/aromatic N) is 1. The van der Waals surface area contributed by atoms with E-state index in [1.807, 2.05) is 31.2 Å². The van der Waals surface area contributed by atoms with Gasteiger partial charge in [-0.15, -0.1) is 0 Å². The highest BCUT2D eigenvalue weighted by atomic mass is 16.5. The van der Waals surface area contributed by atoms with Crippen LogP contribution in [-0.2, 0) is 11.3 Å². The highest BCUT2D eigenvalue weighted by Crippen LogP contribution is 2.55. The number of rotatable bonds is 7. The topological polar surface area (TPSA) is 111 Å². The maximum absolute atomic E-state index is 13.1. The summed E-state index contributed by atoms with van der Waals surface area (Å²) in [7, 11) is 1.62. The monoisotopic (exact) mass is 517 g/mol. The molecule has 0 bridgehead atoms. The second-order valence-corrected chi connectivity index (χ2v) is 11.4. The number of methoxy groups -OCH3 is 1. The van der Waals surface area contributed by atoms with E-state index in [0.29, 0.717) is 17.7 Å². The number of hydrogen-bond acceptors (Lipinski definition) is 5. The Morgan fingerprint density at radius 1 is 1.13 bits per heavy atom. The number of aliphatic hydroxyl groups is 1. The Balaban J connectivity index is 1.40. The average molecular weight is 518 g/mol. The summed E-state index contributed by atoms with van der Waals surface area (Å²) >= 11 is 0. The number of nitriles is 1. The third-order valence-corrected chi connectivity index (χ3v) is 9.16. The summed E-state index contributed by atoms with van der Waals surface area (Å²) in [5.74, 6) is 0.134. The Bertz CT molecular complexity index is 1170. The lowest BCUT2D eigenvalue weighted by Crippen LogP contribution is -2.58. The van der Waals surface area contributed by atoms with Crippen molar-refractivity contribution in [2.45, 2.75) is 65.1 Å². The number of aliphatic hydroxyl groups excluding tert-OH is 1. The first-order chi connectivity index (χ1) is 18.2. The summed E-state index contributed by atoms with van der Waals surface area (Å²) in [6, 6.07) is 16.2. The molecule has 202 valence electrons. The van der Waals surface area contributed by atoms with Crippen LogP contribution >= 0.6 is 0 Å². The molecule has 7 heteroatoms.